The van der Waals surface area contributed by atoms with Crippen molar-refractivity contribution < 1.29 is 4.74 Å². The quantitative estimate of drug-likeness (QED) is 0.781. The molecule has 0 aliphatic carbocycles. The SMILES string of the molecule is Cc1cccc(OCc2cn3cc(N)ccc3n2)c1. The topological polar surface area (TPSA) is 52.5 Å². The average Bonchev–Trinajstić information content (AvgIpc) is 2.78. The van der Waals surface area contributed by atoms with Crippen LogP contribution >= 0.6 is 0 Å². The lowest BCUT2D eigenvalue weighted by Crippen LogP contribution is -1.95. The summed E-state index contributed by atoms with van der Waals surface area (Å²) >= 11 is 0. The molecule has 0 unspecified atom stereocenters. The molecule has 1 aromatic carbocycles. The Balaban J connectivity index is 1.78. The molecule has 0 bridgehead atoms. The Kier molecular flexibility index (Phi) is 2.83. The smallest absolute Gasteiger partial charge is 0.137 e. The van der Waals surface area contributed by atoms with Crippen LogP contribution in [0.3, 0.4) is 0 Å². The Morgan fingerprint density at radius 1 is 1.21 bits per heavy atom. The molecule has 19 heavy (non-hydrogen) atoms. The fraction of sp³-hybridized carbons (Fsp3) is 0.133. The number of anilines is 1. The van der Waals surface area contributed by atoms with Gasteiger partial charge in [-0.15, -0.1) is 0 Å². The van der Waals surface area contributed by atoms with E-state index in [9.17, 15) is 0 Å². The van der Waals surface area contributed by atoms with Crippen LogP contribution in [-0.2, 0) is 6.61 Å². The van der Waals surface area contributed by atoms with E-state index in [0.29, 0.717) is 6.61 Å². The first kappa shape index (κ1) is 11.6. The van der Waals surface area contributed by atoms with E-state index < -0.39 is 0 Å². The minimum atomic E-state index is 0.449. The number of nitrogens with zero attached hydrogens (tertiary/aromatic N) is 2. The highest BCUT2D eigenvalue weighted by molar-refractivity contribution is 5.48. The Labute approximate surface area is 111 Å². The van der Waals surface area contributed by atoms with Gasteiger partial charge in [0.05, 0.1) is 5.69 Å². The van der Waals surface area contributed by atoms with Crippen molar-refractivity contribution in [1.82, 2.24) is 9.38 Å². The molecule has 0 saturated carbocycles. The van der Waals surface area contributed by atoms with Gasteiger partial charge < -0.3 is 14.9 Å². The number of nitrogens with two attached hydrogens (primary N) is 1. The zero-order valence-corrected chi connectivity index (χ0v) is 10.7. The fourth-order valence-electron chi connectivity index (χ4n) is 1.99. The van der Waals surface area contributed by atoms with E-state index in [0.717, 1.165) is 22.8 Å². The lowest BCUT2D eigenvalue weighted by molar-refractivity contribution is 0.302. The maximum atomic E-state index is 5.73. The molecular weight excluding hydrogens is 238 g/mol. The van der Waals surface area contributed by atoms with Crippen LogP contribution in [0, 0.1) is 6.92 Å². The number of benzene rings is 1. The number of fused-ring (bicyclic) bond motifs is 1. The van der Waals surface area contributed by atoms with Crippen LogP contribution in [0.5, 0.6) is 5.75 Å². The Hall–Kier alpha value is -2.49. The fourth-order valence-corrected chi connectivity index (χ4v) is 1.99. The van der Waals surface area contributed by atoms with E-state index in [1.165, 1.54) is 5.56 Å². The van der Waals surface area contributed by atoms with Gasteiger partial charge in [0.2, 0.25) is 0 Å². The molecule has 2 N–H and O–H groups in total. The number of rotatable bonds is 3. The molecule has 4 nitrogen and oxygen atoms in total. The van der Waals surface area contributed by atoms with Gasteiger partial charge in [-0.1, -0.05) is 12.1 Å². The van der Waals surface area contributed by atoms with Crippen molar-refractivity contribution in [3.63, 3.8) is 0 Å². The normalized spacial score (nSPS) is 10.8. The van der Waals surface area contributed by atoms with Crippen LogP contribution in [0.25, 0.3) is 5.65 Å². The molecule has 4 heteroatoms. The van der Waals surface area contributed by atoms with Gasteiger partial charge in [0.15, 0.2) is 0 Å². The average molecular weight is 253 g/mol. The summed E-state index contributed by atoms with van der Waals surface area (Å²) in [5.41, 5.74) is 9.39. The van der Waals surface area contributed by atoms with E-state index >= 15 is 0 Å². The summed E-state index contributed by atoms with van der Waals surface area (Å²) in [4.78, 5) is 4.47. The van der Waals surface area contributed by atoms with Gasteiger partial charge in [-0.3, -0.25) is 0 Å². The van der Waals surface area contributed by atoms with Crippen molar-refractivity contribution in [2.24, 2.45) is 0 Å². The highest BCUT2D eigenvalue weighted by Gasteiger charge is 2.03. The summed E-state index contributed by atoms with van der Waals surface area (Å²) in [6.07, 6.45) is 3.78. The summed E-state index contributed by atoms with van der Waals surface area (Å²) in [6.45, 7) is 2.49. The minimum absolute atomic E-state index is 0.449. The molecule has 0 fully saturated rings. The Morgan fingerprint density at radius 2 is 2.11 bits per heavy atom. The van der Waals surface area contributed by atoms with Crippen LogP contribution < -0.4 is 10.5 Å². The van der Waals surface area contributed by atoms with E-state index in [4.69, 9.17) is 10.5 Å². The zero-order chi connectivity index (χ0) is 13.2. The number of imidazole rings is 1. The van der Waals surface area contributed by atoms with Crippen LogP contribution in [-0.4, -0.2) is 9.38 Å². The molecule has 2 aromatic heterocycles. The minimum Gasteiger partial charge on any atom is -0.487 e. The predicted octanol–water partition coefficient (Wildman–Crippen LogP) is 2.80. The molecule has 0 spiro atoms. The summed E-state index contributed by atoms with van der Waals surface area (Å²) in [5, 5.41) is 0. The first-order chi connectivity index (χ1) is 9.20. The lowest BCUT2D eigenvalue weighted by atomic mass is 10.2. The molecule has 0 aliphatic heterocycles. The lowest BCUT2D eigenvalue weighted by Gasteiger charge is -2.04. The summed E-state index contributed by atoms with van der Waals surface area (Å²) in [6, 6.07) is 11.7. The maximum absolute atomic E-state index is 5.73. The van der Waals surface area contributed by atoms with Gasteiger partial charge in [0.25, 0.3) is 0 Å². The summed E-state index contributed by atoms with van der Waals surface area (Å²) < 4.78 is 7.63. The first-order valence-corrected chi connectivity index (χ1v) is 6.13. The van der Waals surface area contributed by atoms with E-state index in [1.54, 1.807) is 0 Å². The van der Waals surface area contributed by atoms with Crippen molar-refractivity contribution in [3.05, 3.63) is 60.0 Å². The molecule has 3 aromatic rings. The molecule has 2 heterocycles. The molecular formula is C15H15N3O. The number of aromatic nitrogens is 2. The molecule has 0 saturated heterocycles. The molecule has 0 atom stereocenters. The number of hydrogen-bond donors (Lipinski definition) is 1. The first-order valence-electron chi connectivity index (χ1n) is 6.13. The molecule has 0 radical (unpaired) electrons. The van der Waals surface area contributed by atoms with Crippen LogP contribution in [0.1, 0.15) is 11.3 Å². The highest BCUT2D eigenvalue weighted by Crippen LogP contribution is 2.15. The monoisotopic (exact) mass is 253 g/mol. The van der Waals surface area contributed by atoms with Crippen LogP contribution in [0.15, 0.2) is 48.8 Å². The standard InChI is InChI=1S/C15H15N3O/c1-11-3-2-4-14(7-11)19-10-13-9-18-8-12(16)5-6-15(18)17-13/h2-9H,10,16H2,1H3. The molecule has 0 amide bonds. The summed E-state index contributed by atoms with van der Waals surface area (Å²) in [7, 11) is 0. The highest BCUT2D eigenvalue weighted by atomic mass is 16.5. The van der Waals surface area contributed by atoms with Gasteiger partial charge in [-0.2, -0.15) is 0 Å². The van der Waals surface area contributed by atoms with Crippen LogP contribution in [0.4, 0.5) is 5.69 Å². The van der Waals surface area contributed by atoms with Gasteiger partial charge in [-0.25, -0.2) is 4.98 Å². The van der Waals surface area contributed by atoms with Crippen molar-refractivity contribution >= 4 is 11.3 Å². The van der Waals surface area contributed by atoms with E-state index in [1.807, 2.05) is 60.1 Å². The second-order valence-corrected chi connectivity index (χ2v) is 4.57. The van der Waals surface area contributed by atoms with Crippen molar-refractivity contribution in [2.45, 2.75) is 13.5 Å². The molecule has 0 aliphatic rings. The molecule has 96 valence electrons. The predicted molar refractivity (Wildman–Crippen MR) is 75.1 cm³/mol. The second-order valence-electron chi connectivity index (χ2n) is 4.57. The van der Waals surface area contributed by atoms with Gasteiger partial charge in [0.1, 0.15) is 18.0 Å². The van der Waals surface area contributed by atoms with Gasteiger partial charge in [-0.05, 0) is 36.8 Å². The molecule has 3 rings (SSSR count). The van der Waals surface area contributed by atoms with Crippen LogP contribution in [0.2, 0.25) is 0 Å². The largest absolute Gasteiger partial charge is 0.487 e. The van der Waals surface area contributed by atoms with Gasteiger partial charge in [0, 0.05) is 18.1 Å². The summed E-state index contributed by atoms with van der Waals surface area (Å²) in [5.74, 6) is 0.858. The maximum Gasteiger partial charge on any atom is 0.137 e. The number of hydrogen-bond acceptors (Lipinski definition) is 3. The third-order valence-corrected chi connectivity index (χ3v) is 2.90. The Morgan fingerprint density at radius 3 is 2.95 bits per heavy atom. The number of nitrogen functional groups attached to an aromatic ring is 1. The van der Waals surface area contributed by atoms with Crippen molar-refractivity contribution in [2.75, 3.05) is 5.73 Å². The second kappa shape index (κ2) is 4.65. The third-order valence-electron chi connectivity index (χ3n) is 2.90. The van der Waals surface area contributed by atoms with Gasteiger partial charge >= 0.3 is 0 Å². The number of pyridine rings is 1. The number of ether oxygens (including phenoxy) is 1. The zero-order valence-electron chi connectivity index (χ0n) is 10.7. The Bertz CT molecular complexity index is 718. The van der Waals surface area contributed by atoms with Crippen molar-refractivity contribution in [1.29, 1.82) is 0 Å². The third kappa shape index (κ3) is 2.52. The van der Waals surface area contributed by atoms with Crippen molar-refractivity contribution in [3.8, 4) is 5.75 Å². The van der Waals surface area contributed by atoms with E-state index in [-0.39, 0.29) is 0 Å². The van der Waals surface area contributed by atoms with E-state index in [2.05, 4.69) is 4.98 Å². The number of aryl methyl sites for hydroxylation is 1.